The van der Waals surface area contributed by atoms with Crippen LogP contribution in [-0.4, -0.2) is 38.3 Å². The largest absolute Gasteiger partial charge is 0.380 e. The summed E-state index contributed by atoms with van der Waals surface area (Å²) in [6.07, 6.45) is 3.22. The molecule has 0 heterocycles. The molecule has 0 saturated heterocycles. The van der Waals surface area contributed by atoms with Gasteiger partial charge in [0.15, 0.2) is 0 Å². The van der Waals surface area contributed by atoms with Gasteiger partial charge in [-0.25, -0.2) is 0 Å². The maximum absolute atomic E-state index is 11.5. The molecule has 0 rings (SSSR count). The maximum Gasteiger partial charge on any atom is 0.234 e. The number of nitrogens with one attached hydrogen (secondary N) is 2. The fraction of sp³-hybridized carbons (Fsp3) is 0.929. The van der Waals surface area contributed by atoms with Crippen molar-refractivity contribution in [2.24, 2.45) is 5.92 Å². The molecule has 1 unspecified atom stereocenters. The van der Waals surface area contributed by atoms with E-state index in [0.29, 0.717) is 19.1 Å². The van der Waals surface area contributed by atoms with Crippen LogP contribution in [-0.2, 0) is 9.53 Å². The van der Waals surface area contributed by atoms with Crippen LogP contribution in [0.3, 0.4) is 0 Å². The number of amides is 1. The van der Waals surface area contributed by atoms with Gasteiger partial charge in [0.05, 0.1) is 13.2 Å². The quantitative estimate of drug-likeness (QED) is 0.557. The van der Waals surface area contributed by atoms with Gasteiger partial charge in [0, 0.05) is 19.2 Å². The first-order chi connectivity index (χ1) is 8.56. The van der Waals surface area contributed by atoms with Gasteiger partial charge in [-0.05, 0) is 25.7 Å². The van der Waals surface area contributed by atoms with E-state index in [0.717, 1.165) is 32.4 Å². The van der Waals surface area contributed by atoms with Crippen LogP contribution in [0.5, 0.6) is 0 Å². The summed E-state index contributed by atoms with van der Waals surface area (Å²) in [6.45, 7) is 11.1. The Bertz CT molecular complexity index is 208. The highest BCUT2D eigenvalue weighted by Crippen LogP contribution is 1.98. The van der Waals surface area contributed by atoms with Crippen LogP contribution >= 0.6 is 0 Å². The van der Waals surface area contributed by atoms with Crippen LogP contribution in [0.4, 0.5) is 0 Å². The number of carbonyl (C=O) groups excluding carboxylic acids is 1. The molecule has 0 spiro atoms. The molecule has 0 aromatic carbocycles. The zero-order valence-electron chi connectivity index (χ0n) is 12.4. The third-order valence-electron chi connectivity index (χ3n) is 2.68. The first-order valence-electron chi connectivity index (χ1n) is 7.14. The first-order valence-corrected chi connectivity index (χ1v) is 7.14. The normalized spacial score (nSPS) is 12.7. The predicted molar refractivity (Wildman–Crippen MR) is 75.7 cm³/mol. The average Bonchev–Trinajstić information content (AvgIpc) is 2.27. The Morgan fingerprint density at radius 1 is 1.17 bits per heavy atom. The Morgan fingerprint density at radius 3 is 2.50 bits per heavy atom. The molecule has 0 aromatic rings. The molecule has 0 bridgehead atoms. The van der Waals surface area contributed by atoms with Crippen molar-refractivity contribution in [2.45, 2.75) is 53.0 Å². The van der Waals surface area contributed by atoms with Gasteiger partial charge in [-0.1, -0.05) is 27.2 Å². The number of ether oxygens (including phenoxy) is 1. The summed E-state index contributed by atoms with van der Waals surface area (Å²) in [4.78, 5) is 11.5. The lowest BCUT2D eigenvalue weighted by Gasteiger charge is -2.13. The SMILES string of the molecule is CCCC(C)NC(=O)CNCCOCCC(C)C. The molecule has 0 aromatic heterocycles. The first kappa shape index (κ1) is 17.4. The van der Waals surface area contributed by atoms with Crippen LogP contribution in [0.15, 0.2) is 0 Å². The van der Waals surface area contributed by atoms with E-state index in [1.165, 1.54) is 0 Å². The van der Waals surface area contributed by atoms with Gasteiger partial charge >= 0.3 is 0 Å². The highest BCUT2D eigenvalue weighted by molar-refractivity contribution is 5.78. The summed E-state index contributed by atoms with van der Waals surface area (Å²) in [5.74, 6) is 0.752. The second-order valence-corrected chi connectivity index (χ2v) is 5.23. The van der Waals surface area contributed by atoms with Crippen LogP contribution < -0.4 is 10.6 Å². The molecule has 0 aliphatic carbocycles. The molecule has 0 saturated carbocycles. The van der Waals surface area contributed by atoms with Crippen molar-refractivity contribution >= 4 is 5.91 Å². The lowest BCUT2D eigenvalue weighted by Crippen LogP contribution is -2.39. The molecular formula is C14H30N2O2. The monoisotopic (exact) mass is 258 g/mol. The Labute approximate surface area is 112 Å². The zero-order chi connectivity index (χ0) is 13.8. The van der Waals surface area contributed by atoms with Crippen molar-refractivity contribution in [1.29, 1.82) is 0 Å². The number of carbonyl (C=O) groups is 1. The van der Waals surface area contributed by atoms with Gasteiger partial charge in [-0.2, -0.15) is 0 Å². The van der Waals surface area contributed by atoms with Crippen LogP contribution in [0.2, 0.25) is 0 Å². The zero-order valence-corrected chi connectivity index (χ0v) is 12.4. The molecule has 0 fully saturated rings. The fourth-order valence-corrected chi connectivity index (χ4v) is 1.60. The van der Waals surface area contributed by atoms with Crippen LogP contribution in [0.1, 0.15) is 47.0 Å². The molecule has 1 amide bonds. The van der Waals surface area contributed by atoms with Gasteiger partial charge in [-0.3, -0.25) is 4.79 Å². The number of rotatable bonds is 11. The summed E-state index contributed by atoms with van der Waals surface area (Å²) in [7, 11) is 0. The molecule has 0 radical (unpaired) electrons. The molecule has 108 valence electrons. The maximum atomic E-state index is 11.5. The minimum atomic E-state index is 0.0677. The van der Waals surface area contributed by atoms with Gasteiger partial charge in [-0.15, -0.1) is 0 Å². The van der Waals surface area contributed by atoms with Gasteiger partial charge < -0.3 is 15.4 Å². The second-order valence-electron chi connectivity index (χ2n) is 5.23. The molecule has 4 nitrogen and oxygen atoms in total. The lowest BCUT2D eigenvalue weighted by atomic mass is 10.1. The molecular weight excluding hydrogens is 228 g/mol. The molecule has 0 aliphatic rings. The summed E-state index contributed by atoms with van der Waals surface area (Å²) >= 11 is 0. The van der Waals surface area contributed by atoms with E-state index >= 15 is 0 Å². The highest BCUT2D eigenvalue weighted by Gasteiger charge is 2.05. The van der Waals surface area contributed by atoms with Crippen molar-refractivity contribution < 1.29 is 9.53 Å². The molecule has 18 heavy (non-hydrogen) atoms. The van der Waals surface area contributed by atoms with E-state index in [1.54, 1.807) is 0 Å². The predicted octanol–water partition coefficient (Wildman–Crippen LogP) is 1.94. The van der Waals surface area contributed by atoms with E-state index in [1.807, 2.05) is 6.92 Å². The third-order valence-corrected chi connectivity index (χ3v) is 2.68. The van der Waals surface area contributed by atoms with E-state index in [4.69, 9.17) is 4.74 Å². The fourth-order valence-electron chi connectivity index (χ4n) is 1.60. The second kappa shape index (κ2) is 11.5. The Hall–Kier alpha value is -0.610. The Morgan fingerprint density at radius 2 is 1.89 bits per heavy atom. The smallest absolute Gasteiger partial charge is 0.234 e. The Balaban J connectivity index is 3.30. The van der Waals surface area contributed by atoms with Crippen LogP contribution in [0.25, 0.3) is 0 Å². The molecule has 0 aliphatic heterocycles. The third kappa shape index (κ3) is 11.9. The van der Waals surface area contributed by atoms with E-state index in [9.17, 15) is 4.79 Å². The van der Waals surface area contributed by atoms with Crippen molar-refractivity contribution in [3.05, 3.63) is 0 Å². The lowest BCUT2D eigenvalue weighted by molar-refractivity contribution is -0.120. The van der Waals surface area contributed by atoms with Crippen molar-refractivity contribution in [2.75, 3.05) is 26.3 Å². The molecule has 2 N–H and O–H groups in total. The van der Waals surface area contributed by atoms with Crippen molar-refractivity contribution in [3.8, 4) is 0 Å². The summed E-state index contributed by atoms with van der Waals surface area (Å²) in [5, 5.41) is 6.04. The summed E-state index contributed by atoms with van der Waals surface area (Å²) < 4.78 is 5.45. The van der Waals surface area contributed by atoms with Gasteiger partial charge in [0.1, 0.15) is 0 Å². The number of hydrogen-bond donors (Lipinski definition) is 2. The van der Waals surface area contributed by atoms with Gasteiger partial charge in [0.25, 0.3) is 0 Å². The van der Waals surface area contributed by atoms with Crippen molar-refractivity contribution in [3.63, 3.8) is 0 Å². The molecule has 1 atom stereocenters. The molecule has 4 heteroatoms. The minimum Gasteiger partial charge on any atom is -0.380 e. The van der Waals surface area contributed by atoms with E-state index in [-0.39, 0.29) is 11.9 Å². The summed E-state index contributed by atoms with van der Waals surface area (Å²) in [6, 6.07) is 0.270. The van der Waals surface area contributed by atoms with Crippen LogP contribution in [0, 0.1) is 5.92 Å². The minimum absolute atomic E-state index is 0.0677. The standard InChI is InChI=1S/C14H30N2O2/c1-5-6-13(4)16-14(17)11-15-8-10-18-9-7-12(2)3/h12-13,15H,5-11H2,1-4H3,(H,16,17). The van der Waals surface area contributed by atoms with Crippen molar-refractivity contribution in [1.82, 2.24) is 10.6 Å². The van der Waals surface area contributed by atoms with E-state index < -0.39 is 0 Å². The van der Waals surface area contributed by atoms with Gasteiger partial charge in [0.2, 0.25) is 5.91 Å². The summed E-state index contributed by atoms with van der Waals surface area (Å²) in [5.41, 5.74) is 0. The highest BCUT2D eigenvalue weighted by atomic mass is 16.5. The Kier molecular flexibility index (Phi) is 11.1. The van der Waals surface area contributed by atoms with E-state index in [2.05, 4.69) is 31.4 Å². The number of hydrogen-bond acceptors (Lipinski definition) is 3. The average molecular weight is 258 g/mol. The topological polar surface area (TPSA) is 50.4 Å².